The van der Waals surface area contributed by atoms with Crippen LogP contribution in [0.15, 0.2) is 54.6 Å². The van der Waals surface area contributed by atoms with Gasteiger partial charge in [-0.25, -0.2) is 17.6 Å². The summed E-state index contributed by atoms with van der Waals surface area (Å²) in [5, 5.41) is 0. The van der Waals surface area contributed by atoms with Gasteiger partial charge in [0.15, 0.2) is 17.5 Å². The lowest BCUT2D eigenvalue weighted by atomic mass is 10.1. The summed E-state index contributed by atoms with van der Waals surface area (Å²) >= 11 is 0. The molecule has 3 aromatic rings. The Morgan fingerprint density at radius 3 is 1.72 bits per heavy atom. The first-order valence-corrected chi connectivity index (χ1v) is 9.03. The molecule has 3 rings (SSSR count). The Labute approximate surface area is 167 Å². The van der Waals surface area contributed by atoms with Gasteiger partial charge in [-0.05, 0) is 60.5 Å². The molecule has 144 valence electrons. The minimum Gasteiger partial charge on any atom is -0.206 e. The van der Waals surface area contributed by atoms with Gasteiger partial charge < -0.3 is 0 Å². The van der Waals surface area contributed by atoms with E-state index in [9.17, 15) is 17.6 Å². The number of hydrogen-bond donors (Lipinski definition) is 0. The first-order chi connectivity index (χ1) is 14.0. The van der Waals surface area contributed by atoms with Crippen LogP contribution in [0.2, 0.25) is 0 Å². The second-order valence-corrected chi connectivity index (χ2v) is 6.40. The van der Waals surface area contributed by atoms with Crippen LogP contribution in [0, 0.1) is 47.0 Å². The van der Waals surface area contributed by atoms with Gasteiger partial charge in [0.2, 0.25) is 0 Å². The van der Waals surface area contributed by atoms with Crippen LogP contribution in [-0.2, 0) is 6.42 Å². The van der Waals surface area contributed by atoms with Crippen molar-refractivity contribution >= 4 is 0 Å². The van der Waals surface area contributed by atoms with E-state index in [4.69, 9.17) is 0 Å². The fourth-order valence-electron chi connectivity index (χ4n) is 2.65. The summed E-state index contributed by atoms with van der Waals surface area (Å²) in [5.74, 6) is 6.62. The maximum atomic E-state index is 14.1. The lowest BCUT2D eigenvalue weighted by Gasteiger charge is -2.00. The highest BCUT2D eigenvalue weighted by atomic mass is 19.2. The van der Waals surface area contributed by atoms with Crippen molar-refractivity contribution in [2.75, 3.05) is 0 Å². The van der Waals surface area contributed by atoms with Crippen molar-refractivity contribution in [3.8, 4) is 23.7 Å². The van der Waals surface area contributed by atoms with Gasteiger partial charge in [-0.2, -0.15) is 0 Å². The molecule has 0 saturated heterocycles. The van der Waals surface area contributed by atoms with E-state index < -0.39 is 17.5 Å². The van der Waals surface area contributed by atoms with Crippen molar-refractivity contribution in [3.63, 3.8) is 0 Å². The predicted octanol–water partition coefficient (Wildman–Crippen LogP) is 6.00. The van der Waals surface area contributed by atoms with Crippen molar-refractivity contribution in [1.29, 1.82) is 0 Å². The molecule has 0 amide bonds. The minimum absolute atomic E-state index is 0.0345. The van der Waals surface area contributed by atoms with E-state index in [-0.39, 0.29) is 11.4 Å². The van der Waals surface area contributed by atoms with Gasteiger partial charge in [0.05, 0.1) is 5.56 Å². The minimum atomic E-state index is -1.52. The van der Waals surface area contributed by atoms with Gasteiger partial charge in [0.1, 0.15) is 5.82 Å². The Bertz CT molecular complexity index is 1130. The quantitative estimate of drug-likeness (QED) is 0.285. The molecule has 0 aliphatic carbocycles. The topological polar surface area (TPSA) is 0 Å². The van der Waals surface area contributed by atoms with E-state index in [1.807, 2.05) is 13.0 Å². The Hall–Kier alpha value is -3.50. The number of aryl methyl sites for hydroxylation is 1. The van der Waals surface area contributed by atoms with Crippen molar-refractivity contribution in [1.82, 2.24) is 0 Å². The lowest BCUT2D eigenvalue weighted by Crippen LogP contribution is -1.91. The Morgan fingerprint density at radius 1 is 0.621 bits per heavy atom. The number of hydrogen-bond acceptors (Lipinski definition) is 0. The third kappa shape index (κ3) is 5.27. The molecule has 0 unspecified atom stereocenters. The molecule has 0 aliphatic rings. The number of rotatable bonds is 2. The zero-order valence-electron chi connectivity index (χ0n) is 15.6. The zero-order chi connectivity index (χ0) is 20.8. The summed E-state index contributed by atoms with van der Waals surface area (Å²) in [4.78, 5) is 0. The van der Waals surface area contributed by atoms with Crippen LogP contribution in [0.25, 0.3) is 0 Å². The summed E-state index contributed by atoms with van der Waals surface area (Å²) in [6.45, 7) is 2.04. The lowest BCUT2D eigenvalue weighted by molar-refractivity contribution is 0.446. The summed E-state index contributed by atoms with van der Waals surface area (Å²) in [5.41, 5.74) is 2.57. The van der Waals surface area contributed by atoms with Gasteiger partial charge in [-0.3, -0.25) is 0 Å². The molecular weight excluding hydrogens is 376 g/mol. The van der Waals surface area contributed by atoms with E-state index in [2.05, 4.69) is 23.7 Å². The van der Waals surface area contributed by atoms with Crippen molar-refractivity contribution in [2.45, 2.75) is 19.8 Å². The molecule has 0 bridgehead atoms. The highest BCUT2D eigenvalue weighted by Gasteiger charge is 2.09. The normalized spacial score (nSPS) is 9.97. The average molecular weight is 392 g/mol. The molecular formula is C25H16F4. The summed E-state index contributed by atoms with van der Waals surface area (Å²) in [6.07, 6.45) is 1.77. The summed E-state index contributed by atoms with van der Waals surface area (Å²) < 4.78 is 53.5. The SMILES string of the molecule is CCCc1ccc(C#Cc2ccc(C#Cc3cc(F)c(F)c(F)c3)cc2)c(F)c1. The molecule has 0 heterocycles. The van der Waals surface area contributed by atoms with Crippen LogP contribution >= 0.6 is 0 Å². The van der Waals surface area contributed by atoms with E-state index >= 15 is 0 Å². The Balaban J connectivity index is 1.75. The molecule has 0 radical (unpaired) electrons. The smallest absolute Gasteiger partial charge is 0.194 e. The van der Waals surface area contributed by atoms with Crippen molar-refractivity contribution < 1.29 is 17.6 Å². The number of benzene rings is 3. The third-order valence-corrected chi connectivity index (χ3v) is 4.13. The van der Waals surface area contributed by atoms with E-state index in [1.54, 1.807) is 30.3 Å². The molecule has 0 fully saturated rings. The standard InChI is InChI=1S/C25H16F4/c1-2-3-19-11-13-21(22(26)14-19)12-10-18-6-4-17(5-7-18)8-9-20-15-23(27)25(29)24(28)16-20/h4-7,11,13-16H,2-3H2,1H3. The van der Waals surface area contributed by atoms with Crippen LogP contribution in [0.5, 0.6) is 0 Å². The second-order valence-electron chi connectivity index (χ2n) is 6.40. The summed E-state index contributed by atoms with van der Waals surface area (Å²) in [7, 11) is 0. The molecule has 0 spiro atoms. The first-order valence-electron chi connectivity index (χ1n) is 9.03. The van der Waals surface area contributed by atoms with Crippen LogP contribution in [-0.4, -0.2) is 0 Å². The Kier molecular flexibility index (Phi) is 6.37. The van der Waals surface area contributed by atoms with Gasteiger partial charge >= 0.3 is 0 Å². The molecule has 0 aliphatic heterocycles. The molecule has 29 heavy (non-hydrogen) atoms. The van der Waals surface area contributed by atoms with Crippen molar-refractivity contribution in [3.05, 3.63) is 106 Å². The predicted molar refractivity (Wildman–Crippen MR) is 105 cm³/mol. The maximum absolute atomic E-state index is 14.1. The molecule has 0 aromatic heterocycles. The zero-order valence-corrected chi connectivity index (χ0v) is 15.6. The van der Waals surface area contributed by atoms with Crippen LogP contribution in [0.1, 0.15) is 41.2 Å². The summed E-state index contributed by atoms with van der Waals surface area (Å²) in [6, 6.07) is 13.5. The first kappa shape index (κ1) is 20.2. The highest BCUT2D eigenvalue weighted by molar-refractivity contribution is 5.48. The van der Waals surface area contributed by atoms with Gasteiger partial charge in [-0.15, -0.1) is 0 Å². The van der Waals surface area contributed by atoms with E-state index in [0.717, 1.165) is 30.5 Å². The monoisotopic (exact) mass is 392 g/mol. The molecule has 0 saturated carbocycles. The van der Waals surface area contributed by atoms with Crippen LogP contribution in [0.3, 0.4) is 0 Å². The average Bonchev–Trinajstić information content (AvgIpc) is 2.71. The molecule has 4 heteroatoms. The molecule has 0 nitrogen and oxygen atoms in total. The molecule has 0 N–H and O–H groups in total. The Morgan fingerprint density at radius 2 is 1.17 bits per heavy atom. The second kappa shape index (κ2) is 9.13. The van der Waals surface area contributed by atoms with Crippen molar-refractivity contribution in [2.24, 2.45) is 0 Å². The van der Waals surface area contributed by atoms with E-state index in [0.29, 0.717) is 16.7 Å². The molecule has 3 aromatic carbocycles. The fraction of sp³-hybridized carbons (Fsp3) is 0.120. The highest BCUT2D eigenvalue weighted by Crippen LogP contribution is 2.14. The molecule has 0 atom stereocenters. The third-order valence-electron chi connectivity index (χ3n) is 4.13. The van der Waals surface area contributed by atoms with Crippen LogP contribution in [0.4, 0.5) is 17.6 Å². The fourth-order valence-corrected chi connectivity index (χ4v) is 2.65. The van der Waals surface area contributed by atoms with E-state index in [1.165, 1.54) is 6.07 Å². The maximum Gasteiger partial charge on any atom is 0.194 e. The largest absolute Gasteiger partial charge is 0.206 e. The number of halogens is 4. The van der Waals surface area contributed by atoms with Gasteiger partial charge in [0, 0.05) is 16.7 Å². The van der Waals surface area contributed by atoms with Crippen LogP contribution < -0.4 is 0 Å². The van der Waals surface area contributed by atoms with Gasteiger partial charge in [-0.1, -0.05) is 43.1 Å². The van der Waals surface area contributed by atoms with Gasteiger partial charge in [0.25, 0.3) is 0 Å².